The van der Waals surface area contributed by atoms with Crippen LogP contribution in [0.1, 0.15) is 18.4 Å². The fraction of sp³-hybridized carbons (Fsp3) is 0.333. The standard InChI is InChI=1S/C12H12Cl2N2O2/c13-8-3-16-4-9(14)10(8)11(15)7(5-17)12(18)6-1-2-6/h3-4,6,17H,1-2,5,15H2. The van der Waals surface area contributed by atoms with Gasteiger partial charge < -0.3 is 10.8 Å². The van der Waals surface area contributed by atoms with Crippen molar-refractivity contribution in [1.29, 1.82) is 0 Å². The molecule has 1 aliphatic rings. The summed E-state index contributed by atoms with van der Waals surface area (Å²) < 4.78 is 0. The predicted octanol–water partition coefficient (Wildman–Crippen LogP) is 2.03. The van der Waals surface area contributed by atoms with E-state index in [1.807, 2.05) is 0 Å². The highest BCUT2D eigenvalue weighted by atomic mass is 35.5. The first kappa shape index (κ1) is 13.3. The van der Waals surface area contributed by atoms with E-state index >= 15 is 0 Å². The number of aliphatic hydroxyl groups is 1. The molecule has 2 rings (SSSR count). The van der Waals surface area contributed by atoms with Gasteiger partial charge in [0.05, 0.1) is 22.3 Å². The molecule has 0 bridgehead atoms. The van der Waals surface area contributed by atoms with E-state index in [0.29, 0.717) is 5.56 Å². The topological polar surface area (TPSA) is 76.2 Å². The van der Waals surface area contributed by atoms with Crippen molar-refractivity contribution in [2.75, 3.05) is 6.61 Å². The van der Waals surface area contributed by atoms with Gasteiger partial charge in [0.25, 0.3) is 0 Å². The van der Waals surface area contributed by atoms with E-state index in [4.69, 9.17) is 28.9 Å². The minimum absolute atomic E-state index is 0.0231. The summed E-state index contributed by atoms with van der Waals surface area (Å²) in [5.41, 5.74) is 6.58. The third-order valence-electron chi connectivity index (χ3n) is 2.85. The number of aliphatic hydroxyl groups excluding tert-OH is 1. The van der Waals surface area contributed by atoms with Crippen molar-refractivity contribution < 1.29 is 9.90 Å². The summed E-state index contributed by atoms with van der Waals surface area (Å²) in [4.78, 5) is 15.8. The van der Waals surface area contributed by atoms with Crippen LogP contribution in [0.5, 0.6) is 0 Å². The van der Waals surface area contributed by atoms with Crippen LogP contribution < -0.4 is 5.73 Å². The van der Waals surface area contributed by atoms with Gasteiger partial charge >= 0.3 is 0 Å². The molecular weight excluding hydrogens is 275 g/mol. The maximum atomic E-state index is 12.0. The summed E-state index contributed by atoms with van der Waals surface area (Å²) in [6.45, 7) is -0.420. The van der Waals surface area contributed by atoms with Gasteiger partial charge in [0.1, 0.15) is 0 Å². The van der Waals surface area contributed by atoms with Gasteiger partial charge in [-0.2, -0.15) is 0 Å². The van der Waals surface area contributed by atoms with Crippen molar-refractivity contribution in [3.63, 3.8) is 0 Å². The molecule has 0 saturated heterocycles. The quantitative estimate of drug-likeness (QED) is 0.831. The van der Waals surface area contributed by atoms with Crippen molar-refractivity contribution in [2.24, 2.45) is 11.7 Å². The predicted molar refractivity (Wildman–Crippen MR) is 70.2 cm³/mol. The van der Waals surface area contributed by atoms with Crippen molar-refractivity contribution in [3.8, 4) is 0 Å². The normalized spacial score (nSPS) is 16.4. The Morgan fingerprint density at radius 2 is 1.94 bits per heavy atom. The molecule has 1 aliphatic carbocycles. The monoisotopic (exact) mass is 286 g/mol. The number of Topliss-reactive ketones (excluding diaryl/α,β-unsaturated/α-hetero) is 1. The number of rotatable bonds is 4. The van der Waals surface area contributed by atoms with Gasteiger partial charge in [-0.25, -0.2) is 0 Å². The number of nitrogens with zero attached hydrogens (tertiary/aromatic N) is 1. The van der Waals surface area contributed by atoms with Crippen LogP contribution in [0.3, 0.4) is 0 Å². The van der Waals surface area contributed by atoms with Crippen LogP contribution in [-0.2, 0) is 4.79 Å². The van der Waals surface area contributed by atoms with Crippen molar-refractivity contribution in [1.82, 2.24) is 4.98 Å². The lowest BCUT2D eigenvalue weighted by atomic mass is 10.0. The van der Waals surface area contributed by atoms with Crippen LogP contribution in [-0.4, -0.2) is 22.5 Å². The molecule has 1 heterocycles. The summed E-state index contributed by atoms with van der Waals surface area (Å²) in [5.74, 6) is -0.149. The van der Waals surface area contributed by atoms with Gasteiger partial charge in [-0.1, -0.05) is 23.2 Å². The average molecular weight is 287 g/mol. The first-order chi connectivity index (χ1) is 8.56. The summed E-state index contributed by atoms with van der Waals surface area (Å²) >= 11 is 11.9. The Kier molecular flexibility index (Phi) is 3.90. The van der Waals surface area contributed by atoms with Crippen molar-refractivity contribution in [2.45, 2.75) is 12.8 Å². The second kappa shape index (κ2) is 5.26. The largest absolute Gasteiger partial charge is 0.398 e. The summed E-state index contributed by atoms with van der Waals surface area (Å²) in [6.07, 6.45) is 4.47. The number of hydrogen-bond donors (Lipinski definition) is 2. The van der Waals surface area contributed by atoms with Crippen molar-refractivity contribution >= 4 is 34.7 Å². The fourth-order valence-electron chi connectivity index (χ4n) is 1.71. The zero-order valence-corrected chi connectivity index (χ0v) is 11.0. The molecule has 0 unspecified atom stereocenters. The molecule has 0 radical (unpaired) electrons. The molecule has 3 N–H and O–H groups in total. The second-order valence-electron chi connectivity index (χ2n) is 4.17. The number of nitrogens with two attached hydrogens (primary N) is 1. The molecule has 6 heteroatoms. The molecule has 1 saturated carbocycles. The molecule has 1 aromatic heterocycles. The van der Waals surface area contributed by atoms with Gasteiger partial charge in [0.15, 0.2) is 5.78 Å². The molecule has 96 valence electrons. The number of carbonyl (C=O) groups excluding carboxylic acids is 1. The Morgan fingerprint density at radius 1 is 1.39 bits per heavy atom. The van der Waals surface area contributed by atoms with Gasteiger partial charge in [-0.05, 0) is 12.8 Å². The number of pyridine rings is 1. The maximum absolute atomic E-state index is 12.0. The van der Waals surface area contributed by atoms with Crippen molar-refractivity contribution in [3.05, 3.63) is 33.6 Å². The smallest absolute Gasteiger partial charge is 0.166 e. The highest BCUT2D eigenvalue weighted by Gasteiger charge is 2.33. The summed E-state index contributed by atoms with van der Waals surface area (Å²) in [6, 6.07) is 0. The summed E-state index contributed by atoms with van der Waals surface area (Å²) in [5, 5.41) is 9.84. The molecule has 0 spiro atoms. The zero-order valence-electron chi connectivity index (χ0n) is 9.49. The highest BCUT2D eigenvalue weighted by Crippen LogP contribution is 2.35. The minimum atomic E-state index is -0.420. The molecule has 0 amide bonds. The second-order valence-corrected chi connectivity index (χ2v) is 4.98. The van der Waals surface area contributed by atoms with Gasteiger partial charge in [0, 0.05) is 29.4 Å². The Labute approximate surface area is 114 Å². The first-order valence-electron chi connectivity index (χ1n) is 5.49. The van der Waals surface area contributed by atoms with Crippen LogP contribution in [0.2, 0.25) is 10.0 Å². The van der Waals surface area contributed by atoms with E-state index in [1.165, 1.54) is 12.4 Å². The number of aromatic nitrogens is 1. The zero-order chi connectivity index (χ0) is 13.3. The van der Waals surface area contributed by atoms with Crippen LogP contribution in [0.25, 0.3) is 5.70 Å². The Morgan fingerprint density at radius 3 is 2.39 bits per heavy atom. The number of hydrogen-bond acceptors (Lipinski definition) is 4. The minimum Gasteiger partial charge on any atom is -0.398 e. The Bertz CT molecular complexity index is 505. The highest BCUT2D eigenvalue weighted by molar-refractivity contribution is 6.37. The Hall–Kier alpha value is -1.10. The lowest BCUT2D eigenvalue weighted by molar-refractivity contribution is -0.117. The van der Waals surface area contributed by atoms with Crippen LogP contribution in [0, 0.1) is 5.92 Å². The third kappa shape index (κ3) is 2.51. The van der Waals surface area contributed by atoms with E-state index in [1.54, 1.807) is 0 Å². The van der Waals surface area contributed by atoms with E-state index in [0.717, 1.165) is 12.8 Å². The molecule has 1 fully saturated rings. The Balaban J connectivity index is 2.49. The van der Waals surface area contributed by atoms with E-state index in [9.17, 15) is 9.90 Å². The number of halogens is 2. The molecule has 0 aromatic carbocycles. The van der Waals surface area contributed by atoms with E-state index in [2.05, 4.69) is 4.98 Å². The molecule has 1 aromatic rings. The van der Waals surface area contributed by atoms with Crippen LogP contribution in [0.4, 0.5) is 0 Å². The van der Waals surface area contributed by atoms with E-state index < -0.39 is 6.61 Å². The number of carbonyl (C=O) groups is 1. The van der Waals surface area contributed by atoms with Gasteiger partial charge in [-0.3, -0.25) is 9.78 Å². The van der Waals surface area contributed by atoms with E-state index in [-0.39, 0.29) is 33.0 Å². The molecule has 0 atom stereocenters. The van der Waals surface area contributed by atoms with Gasteiger partial charge in [-0.15, -0.1) is 0 Å². The lowest BCUT2D eigenvalue weighted by Gasteiger charge is -2.11. The number of ketones is 1. The van der Waals surface area contributed by atoms with Gasteiger partial charge in [0.2, 0.25) is 0 Å². The maximum Gasteiger partial charge on any atom is 0.166 e. The third-order valence-corrected chi connectivity index (χ3v) is 3.42. The molecule has 18 heavy (non-hydrogen) atoms. The lowest BCUT2D eigenvalue weighted by Crippen LogP contribution is -2.15. The molecule has 0 aliphatic heterocycles. The molecule has 4 nitrogen and oxygen atoms in total. The fourth-order valence-corrected chi connectivity index (χ4v) is 2.28. The van der Waals surface area contributed by atoms with Crippen LogP contribution >= 0.6 is 23.2 Å². The molecular formula is C12H12Cl2N2O2. The SMILES string of the molecule is NC(=C(CO)C(=O)C1CC1)c1c(Cl)cncc1Cl. The average Bonchev–Trinajstić information content (AvgIpc) is 3.13. The first-order valence-corrected chi connectivity index (χ1v) is 6.25. The summed E-state index contributed by atoms with van der Waals surface area (Å²) in [7, 11) is 0. The van der Waals surface area contributed by atoms with Crippen LogP contribution in [0.15, 0.2) is 18.0 Å².